The molecule has 2 aliphatic rings. The lowest BCUT2D eigenvalue weighted by molar-refractivity contribution is -0.141. The number of hydrogen-bond donors (Lipinski definition) is 2. The molecule has 0 radical (unpaired) electrons. The van der Waals surface area contributed by atoms with Gasteiger partial charge < -0.3 is 15.3 Å². The normalized spacial score (nSPS) is 25.2. The number of thiophene rings is 1. The van der Waals surface area contributed by atoms with Crippen LogP contribution in [0.4, 0.5) is 4.79 Å². The highest BCUT2D eigenvalue weighted by Gasteiger charge is 2.34. The fraction of sp³-hybridized carbons (Fsp3) is 0.571. The molecule has 1 aromatic heterocycles. The molecule has 1 fully saturated rings. The first-order valence-corrected chi connectivity index (χ1v) is 9.14. The predicted molar refractivity (Wildman–Crippen MR) is 84.0 cm³/mol. The number of urea groups is 1. The Morgan fingerprint density at radius 2 is 2.29 bits per heavy atom. The van der Waals surface area contributed by atoms with Crippen LogP contribution in [0.3, 0.4) is 0 Å². The number of hydrogen-bond acceptors (Lipinski definition) is 4. The number of rotatable bonds is 2. The van der Waals surface area contributed by atoms with E-state index in [9.17, 15) is 14.7 Å². The summed E-state index contributed by atoms with van der Waals surface area (Å²) in [6.07, 6.45) is 3.07. The average Bonchev–Trinajstić information content (AvgIpc) is 2.96. The van der Waals surface area contributed by atoms with Gasteiger partial charge in [-0.25, -0.2) is 9.59 Å². The lowest BCUT2D eigenvalue weighted by atomic mass is 9.94. The van der Waals surface area contributed by atoms with E-state index < -0.39 is 12.0 Å². The van der Waals surface area contributed by atoms with Gasteiger partial charge in [0.15, 0.2) is 0 Å². The minimum absolute atomic E-state index is 0.0246. The third-order valence-electron chi connectivity index (χ3n) is 4.02. The molecule has 21 heavy (non-hydrogen) atoms. The molecule has 2 atom stereocenters. The lowest BCUT2D eigenvalue weighted by Gasteiger charge is -2.34. The Bertz CT molecular complexity index is 546. The second-order valence-corrected chi connectivity index (χ2v) is 7.47. The Balaban J connectivity index is 1.70. The van der Waals surface area contributed by atoms with Crippen molar-refractivity contribution in [3.05, 3.63) is 21.9 Å². The van der Waals surface area contributed by atoms with Gasteiger partial charge in [-0.2, -0.15) is 11.8 Å². The topological polar surface area (TPSA) is 69.6 Å². The fourth-order valence-electron chi connectivity index (χ4n) is 2.92. The molecule has 2 heterocycles. The summed E-state index contributed by atoms with van der Waals surface area (Å²) in [5.41, 5.74) is 1.21. The number of fused-ring (bicyclic) bond motifs is 1. The molecule has 1 aromatic rings. The van der Waals surface area contributed by atoms with E-state index in [4.69, 9.17) is 0 Å². The monoisotopic (exact) mass is 326 g/mol. The van der Waals surface area contributed by atoms with Gasteiger partial charge >= 0.3 is 12.0 Å². The van der Waals surface area contributed by atoms with Crippen molar-refractivity contribution in [3.63, 3.8) is 0 Å². The zero-order chi connectivity index (χ0) is 14.8. The van der Waals surface area contributed by atoms with Crippen LogP contribution in [0.2, 0.25) is 0 Å². The molecule has 3 rings (SSSR count). The van der Waals surface area contributed by atoms with Crippen LogP contribution >= 0.6 is 23.1 Å². The van der Waals surface area contributed by atoms with E-state index in [2.05, 4.69) is 16.8 Å². The standard InChI is InChI=1S/C14H18N2O3S2/c17-13(18)11-8-20-7-5-16(11)14(19)15-10-2-1-3-12-9(10)4-6-21-12/h4,6,10-11H,1-3,5,7-8H2,(H,15,19)(H,17,18). The molecule has 0 bridgehead atoms. The number of carboxylic acid groups (broad SMARTS) is 1. The third-order valence-corrected chi connectivity index (χ3v) is 6.04. The molecular formula is C14H18N2O3S2. The van der Waals surface area contributed by atoms with Crippen molar-refractivity contribution in [3.8, 4) is 0 Å². The molecule has 0 aromatic carbocycles. The SMILES string of the molecule is O=C(O)C1CSCCN1C(=O)NC1CCCc2sccc21. The number of carbonyl (C=O) groups excluding carboxylic acids is 1. The second kappa shape index (κ2) is 6.27. The minimum Gasteiger partial charge on any atom is -0.480 e. The molecule has 1 aliphatic carbocycles. The van der Waals surface area contributed by atoms with Crippen LogP contribution in [0.1, 0.15) is 29.3 Å². The number of nitrogens with zero attached hydrogens (tertiary/aromatic N) is 1. The number of thioether (sulfide) groups is 1. The van der Waals surface area contributed by atoms with Gasteiger partial charge in [0.2, 0.25) is 0 Å². The van der Waals surface area contributed by atoms with Crippen LogP contribution in [0.5, 0.6) is 0 Å². The first-order valence-electron chi connectivity index (χ1n) is 7.11. The average molecular weight is 326 g/mol. The quantitative estimate of drug-likeness (QED) is 0.875. The zero-order valence-corrected chi connectivity index (χ0v) is 13.2. The van der Waals surface area contributed by atoms with Crippen molar-refractivity contribution in [2.75, 3.05) is 18.1 Å². The van der Waals surface area contributed by atoms with E-state index in [0.29, 0.717) is 12.3 Å². The maximum atomic E-state index is 12.5. The smallest absolute Gasteiger partial charge is 0.327 e. The van der Waals surface area contributed by atoms with E-state index in [-0.39, 0.29) is 12.1 Å². The highest BCUT2D eigenvalue weighted by molar-refractivity contribution is 7.99. The number of nitrogens with one attached hydrogen (secondary N) is 1. The zero-order valence-electron chi connectivity index (χ0n) is 11.6. The third kappa shape index (κ3) is 3.03. The largest absolute Gasteiger partial charge is 0.480 e. The molecule has 7 heteroatoms. The van der Waals surface area contributed by atoms with E-state index in [0.717, 1.165) is 25.0 Å². The Morgan fingerprint density at radius 3 is 3.10 bits per heavy atom. The van der Waals surface area contributed by atoms with Crippen molar-refractivity contribution in [2.45, 2.75) is 31.3 Å². The summed E-state index contributed by atoms with van der Waals surface area (Å²) >= 11 is 3.32. The molecule has 2 N–H and O–H groups in total. The van der Waals surface area contributed by atoms with Crippen LogP contribution in [0.25, 0.3) is 0 Å². The van der Waals surface area contributed by atoms with Crippen molar-refractivity contribution in [1.82, 2.24) is 10.2 Å². The molecule has 2 unspecified atom stereocenters. The van der Waals surface area contributed by atoms with E-state index in [1.807, 2.05) is 0 Å². The van der Waals surface area contributed by atoms with Crippen molar-refractivity contribution in [2.24, 2.45) is 0 Å². The van der Waals surface area contributed by atoms with Crippen molar-refractivity contribution in [1.29, 1.82) is 0 Å². The van der Waals surface area contributed by atoms with Crippen LogP contribution in [0.15, 0.2) is 11.4 Å². The number of carboxylic acids is 1. The summed E-state index contributed by atoms with van der Waals surface area (Å²) < 4.78 is 0. The number of carbonyl (C=O) groups is 2. The first kappa shape index (κ1) is 14.7. The summed E-state index contributed by atoms with van der Waals surface area (Å²) in [6.45, 7) is 0.497. The Morgan fingerprint density at radius 1 is 1.43 bits per heavy atom. The number of amides is 2. The van der Waals surface area contributed by atoms with Gasteiger partial charge in [-0.1, -0.05) is 0 Å². The van der Waals surface area contributed by atoms with Crippen molar-refractivity contribution >= 4 is 35.1 Å². The molecule has 5 nitrogen and oxygen atoms in total. The fourth-order valence-corrected chi connectivity index (χ4v) is 4.95. The number of aliphatic carboxylic acids is 1. The van der Waals surface area contributed by atoms with Gasteiger partial charge in [-0.15, -0.1) is 11.3 Å². The first-order chi connectivity index (χ1) is 10.2. The van der Waals surface area contributed by atoms with Gasteiger partial charge in [-0.3, -0.25) is 0 Å². The highest BCUT2D eigenvalue weighted by atomic mass is 32.2. The molecule has 2 amide bonds. The molecule has 1 saturated heterocycles. The summed E-state index contributed by atoms with van der Waals surface area (Å²) in [4.78, 5) is 26.6. The Kier molecular flexibility index (Phi) is 4.40. The van der Waals surface area contributed by atoms with Crippen molar-refractivity contribution < 1.29 is 14.7 Å². The maximum absolute atomic E-state index is 12.5. The van der Waals surface area contributed by atoms with E-state index in [1.165, 1.54) is 15.3 Å². The van der Waals surface area contributed by atoms with Crippen LogP contribution in [0, 0.1) is 0 Å². The van der Waals surface area contributed by atoms with Gasteiger partial charge in [-0.05, 0) is 36.3 Å². The molecule has 114 valence electrons. The summed E-state index contributed by atoms with van der Waals surface area (Å²) in [7, 11) is 0. The molecule has 0 spiro atoms. The summed E-state index contributed by atoms with van der Waals surface area (Å²) in [5, 5.41) is 14.4. The Hall–Kier alpha value is -1.21. The summed E-state index contributed by atoms with van der Waals surface area (Å²) in [5.74, 6) is 0.347. The summed E-state index contributed by atoms with van der Waals surface area (Å²) in [6, 6.07) is 1.14. The molecular weight excluding hydrogens is 308 g/mol. The number of aryl methyl sites for hydroxylation is 1. The van der Waals surface area contributed by atoms with Crippen LogP contribution in [-0.2, 0) is 11.2 Å². The lowest BCUT2D eigenvalue weighted by Crippen LogP contribution is -2.54. The van der Waals surface area contributed by atoms with Crippen LogP contribution < -0.4 is 5.32 Å². The van der Waals surface area contributed by atoms with Gasteiger partial charge in [0.25, 0.3) is 0 Å². The second-order valence-electron chi connectivity index (χ2n) is 5.32. The Labute approximate surface area is 131 Å². The minimum atomic E-state index is -0.919. The van der Waals surface area contributed by atoms with Gasteiger partial charge in [0.1, 0.15) is 6.04 Å². The van der Waals surface area contributed by atoms with Gasteiger partial charge in [0.05, 0.1) is 6.04 Å². The van der Waals surface area contributed by atoms with Gasteiger partial charge in [0, 0.05) is 22.9 Å². The highest BCUT2D eigenvalue weighted by Crippen LogP contribution is 2.33. The molecule has 1 aliphatic heterocycles. The van der Waals surface area contributed by atoms with Crippen LogP contribution in [-0.4, -0.2) is 46.1 Å². The maximum Gasteiger partial charge on any atom is 0.327 e. The van der Waals surface area contributed by atoms with E-state index in [1.54, 1.807) is 23.1 Å². The van der Waals surface area contributed by atoms with E-state index >= 15 is 0 Å². The predicted octanol–water partition coefficient (Wildman–Crippen LogP) is 2.34. The molecule has 0 saturated carbocycles.